The molecule has 4 heterocycles. The molecular formula is C34H26N4O2. The normalized spacial score (nSPS) is 11.8. The van der Waals surface area contributed by atoms with Gasteiger partial charge in [-0.1, -0.05) is 60.7 Å². The van der Waals surface area contributed by atoms with E-state index < -0.39 is 0 Å². The lowest BCUT2D eigenvalue weighted by atomic mass is 10.1. The Hall–Kier alpha value is -5.36. The quantitative estimate of drug-likeness (QED) is 0.232. The number of hydrogen-bond acceptors (Lipinski definition) is 4. The van der Waals surface area contributed by atoms with Crippen LogP contribution in [-0.4, -0.2) is 30.9 Å². The van der Waals surface area contributed by atoms with Gasteiger partial charge in [0.15, 0.2) is 0 Å². The fourth-order valence-corrected chi connectivity index (χ4v) is 4.95. The second-order valence-corrected chi connectivity index (χ2v) is 9.60. The van der Waals surface area contributed by atoms with Gasteiger partial charge in [-0.05, 0) is 47.5 Å². The summed E-state index contributed by atoms with van der Waals surface area (Å²) in [6.45, 7) is 3.13. The van der Waals surface area contributed by atoms with Gasteiger partial charge in [0.2, 0.25) is 11.8 Å². The summed E-state index contributed by atoms with van der Waals surface area (Å²) in [5.41, 5.74) is 7.21. The summed E-state index contributed by atoms with van der Waals surface area (Å²) in [7, 11) is 0. The van der Waals surface area contributed by atoms with Crippen LogP contribution in [0.5, 0.6) is 0 Å². The van der Waals surface area contributed by atoms with Crippen LogP contribution in [0, 0.1) is 0 Å². The number of benzene rings is 2. The molecule has 6 rings (SSSR count). The number of fused-ring (bicyclic) bond motifs is 2. The van der Waals surface area contributed by atoms with Gasteiger partial charge in [0.05, 0.1) is 22.4 Å². The van der Waals surface area contributed by atoms with Gasteiger partial charge < -0.3 is 0 Å². The first-order valence-corrected chi connectivity index (χ1v) is 13.0. The van der Waals surface area contributed by atoms with Crippen LogP contribution in [0.15, 0.2) is 97.6 Å². The highest BCUT2D eigenvalue weighted by molar-refractivity contribution is 5.99. The molecule has 0 aliphatic heterocycles. The fourth-order valence-electron chi connectivity index (χ4n) is 4.95. The van der Waals surface area contributed by atoms with Crippen LogP contribution in [0.1, 0.15) is 45.7 Å². The first-order chi connectivity index (χ1) is 19.5. The lowest BCUT2D eigenvalue weighted by Crippen LogP contribution is -2.02. The lowest BCUT2D eigenvalue weighted by Gasteiger charge is -2.03. The molecule has 0 amide bonds. The highest BCUT2D eigenvalue weighted by Gasteiger charge is 2.10. The Balaban J connectivity index is 1.28. The molecule has 2 aromatic carbocycles. The summed E-state index contributed by atoms with van der Waals surface area (Å²) in [4.78, 5) is 33.3. The maximum Gasteiger partial charge on any atom is 0.227 e. The van der Waals surface area contributed by atoms with Gasteiger partial charge in [0, 0.05) is 60.5 Å². The zero-order chi connectivity index (χ0) is 27.6. The molecule has 40 heavy (non-hydrogen) atoms. The van der Waals surface area contributed by atoms with Crippen molar-refractivity contribution in [3.8, 4) is 11.4 Å². The Morgan fingerprint density at radius 2 is 1.02 bits per heavy atom. The molecule has 194 valence electrons. The first kappa shape index (κ1) is 24.9. The maximum absolute atomic E-state index is 12.1. The Kier molecular flexibility index (Phi) is 6.50. The van der Waals surface area contributed by atoms with Crippen molar-refractivity contribution in [3.05, 3.63) is 120 Å². The van der Waals surface area contributed by atoms with Crippen LogP contribution in [0.2, 0.25) is 0 Å². The molecule has 0 bridgehead atoms. The molecule has 0 fully saturated rings. The average molecular weight is 523 g/mol. The van der Waals surface area contributed by atoms with Gasteiger partial charge in [-0.2, -0.15) is 0 Å². The zero-order valence-corrected chi connectivity index (χ0v) is 22.2. The molecule has 6 aromatic rings. The smallest absolute Gasteiger partial charge is 0.227 e. The SMILES string of the molecule is CC(=O)n1cc(/C=C/c2ccnc(-c3cc(/C=C/c4cn(C(C)=O)c5ccccc45)ccn3)c2)c2ccccc21. The van der Waals surface area contributed by atoms with Crippen LogP contribution < -0.4 is 0 Å². The van der Waals surface area contributed by atoms with Crippen molar-refractivity contribution >= 4 is 57.9 Å². The van der Waals surface area contributed by atoms with Gasteiger partial charge in [0.25, 0.3) is 0 Å². The van der Waals surface area contributed by atoms with Crippen molar-refractivity contribution in [3.63, 3.8) is 0 Å². The third-order valence-corrected chi connectivity index (χ3v) is 6.91. The largest absolute Gasteiger partial charge is 0.287 e. The van der Waals surface area contributed by atoms with Crippen molar-refractivity contribution in [2.45, 2.75) is 13.8 Å². The molecule has 0 atom stereocenters. The van der Waals surface area contributed by atoms with Crippen LogP contribution in [-0.2, 0) is 0 Å². The predicted molar refractivity (Wildman–Crippen MR) is 162 cm³/mol. The number of carbonyl (C=O) groups excluding carboxylic acids is 2. The van der Waals surface area contributed by atoms with E-state index in [1.54, 1.807) is 35.4 Å². The predicted octanol–water partition coefficient (Wildman–Crippen LogP) is 7.71. The number of pyridine rings is 2. The van der Waals surface area contributed by atoms with Crippen LogP contribution in [0.25, 0.3) is 57.5 Å². The molecule has 0 radical (unpaired) electrons. The summed E-state index contributed by atoms with van der Waals surface area (Å²) in [5.74, 6) is -0.0432. The molecule has 0 spiro atoms. The number of rotatable bonds is 5. The highest BCUT2D eigenvalue weighted by Crippen LogP contribution is 2.26. The molecular weight excluding hydrogens is 496 g/mol. The van der Waals surface area contributed by atoms with Crippen molar-refractivity contribution < 1.29 is 9.59 Å². The van der Waals surface area contributed by atoms with Gasteiger partial charge in [-0.3, -0.25) is 28.7 Å². The van der Waals surface area contributed by atoms with Gasteiger partial charge >= 0.3 is 0 Å². The number of para-hydroxylation sites is 2. The summed E-state index contributed by atoms with van der Waals surface area (Å²) < 4.78 is 3.35. The van der Waals surface area contributed by atoms with E-state index in [0.29, 0.717) is 0 Å². The lowest BCUT2D eigenvalue weighted by molar-refractivity contribution is 0.0933. The van der Waals surface area contributed by atoms with E-state index in [2.05, 4.69) is 9.97 Å². The Bertz CT molecular complexity index is 1830. The average Bonchev–Trinajstić information content (AvgIpc) is 3.54. The van der Waals surface area contributed by atoms with E-state index in [1.807, 2.05) is 109 Å². The molecule has 0 saturated heterocycles. The van der Waals surface area contributed by atoms with Gasteiger partial charge in [-0.25, -0.2) is 0 Å². The van der Waals surface area contributed by atoms with Crippen molar-refractivity contribution in [2.75, 3.05) is 0 Å². The van der Waals surface area contributed by atoms with Crippen LogP contribution in [0.4, 0.5) is 0 Å². The van der Waals surface area contributed by atoms with E-state index >= 15 is 0 Å². The van der Waals surface area contributed by atoms with E-state index in [4.69, 9.17) is 0 Å². The summed E-state index contributed by atoms with van der Waals surface area (Å²) in [6.07, 6.45) is 15.4. The Morgan fingerprint density at radius 1 is 0.600 bits per heavy atom. The van der Waals surface area contributed by atoms with Gasteiger partial charge in [0.1, 0.15) is 0 Å². The number of hydrogen-bond donors (Lipinski definition) is 0. The first-order valence-electron chi connectivity index (χ1n) is 13.0. The summed E-state index contributed by atoms with van der Waals surface area (Å²) in [5, 5.41) is 2.05. The topological polar surface area (TPSA) is 69.8 Å². The summed E-state index contributed by atoms with van der Waals surface area (Å²) >= 11 is 0. The van der Waals surface area contributed by atoms with Crippen molar-refractivity contribution in [1.29, 1.82) is 0 Å². The zero-order valence-electron chi connectivity index (χ0n) is 22.2. The molecule has 4 aromatic heterocycles. The van der Waals surface area contributed by atoms with E-state index in [1.165, 1.54) is 0 Å². The molecule has 6 nitrogen and oxygen atoms in total. The molecule has 0 N–H and O–H groups in total. The standard InChI is InChI=1S/C34H26N4O2/c1-23(39)37-21-27(29-7-3-5-9-33(29)37)13-11-25-15-17-35-31(19-25)32-20-26(16-18-36-32)12-14-28-22-38(24(2)40)34-10-6-4-8-30(28)34/h3-22H,1-2H3/b13-11+,14-12+. The van der Waals surface area contributed by atoms with E-state index in [-0.39, 0.29) is 11.8 Å². The second-order valence-electron chi connectivity index (χ2n) is 9.60. The van der Waals surface area contributed by atoms with Crippen LogP contribution >= 0.6 is 0 Å². The summed E-state index contributed by atoms with van der Waals surface area (Å²) in [6, 6.07) is 23.6. The Labute approximate surface area is 231 Å². The third-order valence-electron chi connectivity index (χ3n) is 6.91. The minimum atomic E-state index is -0.0216. The van der Waals surface area contributed by atoms with Gasteiger partial charge in [-0.15, -0.1) is 0 Å². The highest BCUT2D eigenvalue weighted by atomic mass is 16.2. The molecule has 0 aliphatic carbocycles. The minimum Gasteiger partial charge on any atom is -0.287 e. The van der Waals surface area contributed by atoms with Crippen molar-refractivity contribution in [1.82, 2.24) is 19.1 Å². The van der Waals surface area contributed by atoms with E-state index in [0.717, 1.165) is 55.4 Å². The number of aromatic nitrogens is 4. The number of carbonyl (C=O) groups is 2. The monoisotopic (exact) mass is 522 g/mol. The minimum absolute atomic E-state index is 0.0216. The van der Waals surface area contributed by atoms with Crippen molar-refractivity contribution in [2.24, 2.45) is 0 Å². The molecule has 0 unspecified atom stereocenters. The fraction of sp³-hybridized carbons (Fsp3) is 0.0588. The molecule has 0 saturated carbocycles. The molecule has 0 aliphatic rings. The molecule has 6 heteroatoms. The number of nitrogens with zero attached hydrogens (tertiary/aromatic N) is 4. The maximum atomic E-state index is 12.1. The van der Waals surface area contributed by atoms with E-state index in [9.17, 15) is 9.59 Å². The van der Waals surface area contributed by atoms with Crippen LogP contribution in [0.3, 0.4) is 0 Å². The second kappa shape index (κ2) is 10.4. The Morgan fingerprint density at radius 3 is 1.45 bits per heavy atom. The third kappa shape index (κ3) is 4.78.